The predicted octanol–water partition coefficient (Wildman–Crippen LogP) is 2.07. The molecule has 1 saturated carbocycles. The van der Waals surface area contributed by atoms with Crippen molar-refractivity contribution < 1.29 is 19.1 Å². The summed E-state index contributed by atoms with van der Waals surface area (Å²) in [6.07, 6.45) is 7.62. The van der Waals surface area contributed by atoms with Crippen LogP contribution in [0.1, 0.15) is 51.9 Å². The number of hydrogen-bond donors (Lipinski definition) is 0. The van der Waals surface area contributed by atoms with Gasteiger partial charge in [-0.2, -0.15) is 0 Å². The molecule has 0 aromatic rings. The summed E-state index contributed by atoms with van der Waals surface area (Å²) in [5.41, 5.74) is 0.177. The molecule has 0 aromatic carbocycles. The molecule has 2 amide bonds. The summed E-state index contributed by atoms with van der Waals surface area (Å²) in [6.45, 7) is 5.67. The molecule has 0 bridgehead atoms. The van der Waals surface area contributed by atoms with Crippen LogP contribution in [-0.4, -0.2) is 74.2 Å². The van der Waals surface area contributed by atoms with Gasteiger partial charge in [-0.25, -0.2) is 0 Å². The lowest BCUT2D eigenvalue weighted by Crippen LogP contribution is -2.52. The number of carbonyl (C=O) groups excluding carboxylic acids is 2. The van der Waals surface area contributed by atoms with Crippen LogP contribution in [-0.2, 0) is 19.1 Å². The first kappa shape index (κ1) is 19.6. The third-order valence-electron chi connectivity index (χ3n) is 6.66. The highest BCUT2D eigenvalue weighted by Crippen LogP contribution is 2.46. The minimum Gasteiger partial charge on any atom is -0.381 e. The number of rotatable bonds is 5. The first-order chi connectivity index (χ1) is 12.6. The molecule has 1 aliphatic carbocycles. The van der Waals surface area contributed by atoms with Crippen molar-refractivity contribution in [2.24, 2.45) is 11.3 Å². The van der Waals surface area contributed by atoms with Gasteiger partial charge >= 0.3 is 0 Å². The lowest BCUT2D eigenvalue weighted by Gasteiger charge is -2.45. The van der Waals surface area contributed by atoms with E-state index < -0.39 is 0 Å². The fraction of sp³-hybridized carbons (Fsp3) is 0.900. The number of ether oxygens (including phenoxy) is 2. The lowest BCUT2D eigenvalue weighted by atomic mass is 9.76. The number of amides is 2. The van der Waals surface area contributed by atoms with Crippen LogP contribution in [0.4, 0.5) is 0 Å². The molecule has 2 saturated heterocycles. The van der Waals surface area contributed by atoms with Gasteiger partial charge < -0.3 is 19.3 Å². The first-order valence-electron chi connectivity index (χ1n) is 10.3. The van der Waals surface area contributed by atoms with E-state index in [1.807, 2.05) is 18.9 Å². The van der Waals surface area contributed by atoms with Gasteiger partial charge in [0, 0.05) is 51.2 Å². The van der Waals surface area contributed by atoms with Gasteiger partial charge in [0.2, 0.25) is 11.8 Å². The fourth-order valence-corrected chi connectivity index (χ4v) is 5.20. The molecule has 26 heavy (non-hydrogen) atoms. The van der Waals surface area contributed by atoms with Gasteiger partial charge in [-0.15, -0.1) is 0 Å². The summed E-state index contributed by atoms with van der Waals surface area (Å²) >= 11 is 0. The quantitative estimate of drug-likeness (QED) is 0.747. The molecule has 3 fully saturated rings. The summed E-state index contributed by atoms with van der Waals surface area (Å²) in [7, 11) is 1.81. The van der Waals surface area contributed by atoms with Crippen LogP contribution in [0.15, 0.2) is 0 Å². The van der Waals surface area contributed by atoms with E-state index in [4.69, 9.17) is 9.47 Å². The summed E-state index contributed by atoms with van der Waals surface area (Å²) < 4.78 is 11.0. The Morgan fingerprint density at radius 3 is 2.46 bits per heavy atom. The molecular formula is C20H34N2O4. The molecule has 0 radical (unpaired) electrons. The Morgan fingerprint density at radius 2 is 1.77 bits per heavy atom. The minimum absolute atomic E-state index is 0.0450. The molecule has 2 heterocycles. The van der Waals surface area contributed by atoms with Crippen LogP contribution in [0.2, 0.25) is 0 Å². The van der Waals surface area contributed by atoms with Crippen molar-refractivity contribution in [3.05, 3.63) is 0 Å². The van der Waals surface area contributed by atoms with Crippen LogP contribution in [0.25, 0.3) is 0 Å². The molecule has 6 nitrogen and oxygen atoms in total. The third kappa shape index (κ3) is 4.06. The van der Waals surface area contributed by atoms with E-state index in [9.17, 15) is 9.59 Å². The van der Waals surface area contributed by atoms with Crippen LogP contribution in [0.5, 0.6) is 0 Å². The Bertz CT molecular complexity index is 504. The van der Waals surface area contributed by atoms with E-state index in [0.717, 1.165) is 38.8 Å². The number of nitrogens with zero attached hydrogens (tertiary/aromatic N) is 2. The monoisotopic (exact) mass is 366 g/mol. The summed E-state index contributed by atoms with van der Waals surface area (Å²) in [4.78, 5) is 29.1. The molecule has 0 unspecified atom stereocenters. The van der Waals surface area contributed by atoms with Crippen molar-refractivity contribution in [3.63, 3.8) is 0 Å². The average Bonchev–Trinajstić information content (AvgIpc) is 3.07. The number of methoxy groups -OCH3 is 1. The molecule has 3 rings (SSSR count). The van der Waals surface area contributed by atoms with E-state index in [1.165, 1.54) is 19.3 Å². The second-order valence-electron chi connectivity index (χ2n) is 8.13. The van der Waals surface area contributed by atoms with Gasteiger partial charge in [-0.05, 0) is 45.4 Å². The molecule has 3 aliphatic rings. The van der Waals surface area contributed by atoms with Gasteiger partial charge in [0.1, 0.15) is 6.61 Å². The fourth-order valence-electron chi connectivity index (χ4n) is 5.20. The van der Waals surface area contributed by atoms with E-state index in [0.29, 0.717) is 31.7 Å². The molecule has 1 spiro atoms. The standard InChI is InChI=1S/C20H34N2O4/c1-3-26-14-18(23)21-12-7-16(8-13-21)19(24)22-11-5-10-20(15-22)9-4-6-17(20)25-2/h16-17H,3-15H2,1-2H3/t17-,20+/m1/s1. The van der Waals surface area contributed by atoms with Crippen molar-refractivity contribution in [2.45, 2.75) is 58.0 Å². The molecule has 2 atom stereocenters. The second-order valence-corrected chi connectivity index (χ2v) is 8.13. The topological polar surface area (TPSA) is 59.1 Å². The number of piperidine rings is 2. The summed E-state index contributed by atoms with van der Waals surface area (Å²) in [5, 5.41) is 0. The van der Waals surface area contributed by atoms with Crippen molar-refractivity contribution in [3.8, 4) is 0 Å². The largest absolute Gasteiger partial charge is 0.381 e. The highest BCUT2D eigenvalue weighted by atomic mass is 16.5. The Hall–Kier alpha value is -1.14. The third-order valence-corrected chi connectivity index (χ3v) is 6.66. The Balaban J connectivity index is 1.53. The molecule has 6 heteroatoms. The normalized spacial score (nSPS) is 30.2. The molecule has 0 aromatic heterocycles. The minimum atomic E-state index is 0.0450. The lowest BCUT2D eigenvalue weighted by molar-refractivity contribution is -0.146. The van der Waals surface area contributed by atoms with E-state index in [2.05, 4.69) is 4.90 Å². The zero-order valence-corrected chi connectivity index (χ0v) is 16.4. The molecule has 148 valence electrons. The van der Waals surface area contributed by atoms with Crippen molar-refractivity contribution in [1.82, 2.24) is 9.80 Å². The number of likely N-dealkylation sites (tertiary alicyclic amines) is 2. The predicted molar refractivity (Wildman–Crippen MR) is 98.7 cm³/mol. The number of hydrogen-bond acceptors (Lipinski definition) is 4. The van der Waals surface area contributed by atoms with Gasteiger partial charge in [-0.3, -0.25) is 9.59 Å². The highest BCUT2D eigenvalue weighted by molar-refractivity contribution is 5.80. The van der Waals surface area contributed by atoms with Crippen LogP contribution in [0.3, 0.4) is 0 Å². The average molecular weight is 367 g/mol. The SMILES string of the molecule is CCOCC(=O)N1CCC(C(=O)N2CCC[C@@]3(CCC[C@H]3OC)C2)CC1. The van der Waals surface area contributed by atoms with Crippen molar-refractivity contribution in [2.75, 3.05) is 46.5 Å². The first-order valence-corrected chi connectivity index (χ1v) is 10.3. The molecule has 2 aliphatic heterocycles. The second kappa shape index (κ2) is 8.70. The van der Waals surface area contributed by atoms with Gasteiger partial charge in [0.05, 0.1) is 6.10 Å². The molecule has 0 N–H and O–H groups in total. The zero-order chi connectivity index (χ0) is 18.6. The summed E-state index contributed by atoms with van der Waals surface area (Å²) in [6, 6.07) is 0. The maximum atomic E-state index is 13.1. The summed E-state index contributed by atoms with van der Waals surface area (Å²) in [5.74, 6) is 0.398. The molecular weight excluding hydrogens is 332 g/mol. The Kier molecular flexibility index (Phi) is 6.56. The van der Waals surface area contributed by atoms with Gasteiger partial charge in [-0.1, -0.05) is 6.42 Å². The maximum absolute atomic E-state index is 13.1. The van der Waals surface area contributed by atoms with E-state index >= 15 is 0 Å². The Labute approximate surface area is 157 Å². The van der Waals surface area contributed by atoms with Crippen LogP contribution in [0, 0.1) is 11.3 Å². The van der Waals surface area contributed by atoms with Gasteiger partial charge in [0.25, 0.3) is 0 Å². The highest BCUT2D eigenvalue weighted by Gasteiger charge is 2.47. The van der Waals surface area contributed by atoms with Crippen LogP contribution >= 0.6 is 0 Å². The zero-order valence-electron chi connectivity index (χ0n) is 16.4. The van der Waals surface area contributed by atoms with Crippen molar-refractivity contribution in [1.29, 1.82) is 0 Å². The van der Waals surface area contributed by atoms with E-state index in [-0.39, 0.29) is 23.8 Å². The van der Waals surface area contributed by atoms with Crippen molar-refractivity contribution >= 4 is 11.8 Å². The van der Waals surface area contributed by atoms with Gasteiger partial charge in [0.15, 0.2) is 0 Å². The Morgan fingerprint density at radius 1 is 1.04 bits per heavy atom. The maximum Gasteiger partial charge on any atom is 0.248 e. The van der Waals surface area contributed by atoms with Crippen LogP contribution < -0.4 is 0 Å². The number of carbonyl (C=O) groups is 2. The van der Waals surface area contributed by atoms with E-state index in [1.54, 1.807) is 0 Å². The smallest absolute Gasteiger partial charge is 0.248 e.